The fourth-order valence-electron chi connectivity index (χ4n) is 4.70. The molecule has 8 heteroatoms. The number of aromatic nitrogens is 2. The lowest BCUT2D eigenvalue weighted by Gasteiger charge is -2.26. The maximum atomic E-state index is 13.5. The van der Waals surface area contributed by atoms with Gasteiger partial charge in [0, 0.05) is 31.5 Å². The Morgan fingerprint density at radius 2 is 2.03 bits per heavy atom. The van der Waals surface area contributed by atoms with Gasteiger partial charge in [-0.2, -0.15) is 16.4 Å². The number of rotatable bonds is 10. The highest BCUT2D eigenvalue weighted by Crippen LogP contribution is 2.19. The number of carbonyl (C=O) groups is 1. The third-order valence-corrected chi connectivity index (χ3v) is 7.38. The molecule has 1 aliphatic rings. The van der Waals surface area contributed by atoms with Crippen molar-refractivity contribution in [2.75, 3.05) is 19.8 Å². The number of aryl methyl sites for hydroxylation is 1. The van der Waals surface area contributed by atoms with Gasteiger partial charge in [-0.1, -0.05) is 30.3 Å². The monoisotopic (exact) mass is 517 g/mol. The van der Waals surface area contributed by atoms with Crippen LogP contribution in [0.25, 0.3) is 10.8 Å². The molecule has 0 aliphatic carbocycles. The molecule has 0 bridgehead atoms. The summed E-state index contributed by atoms with van der Waals surface area (Å²) in [7, 11) is 0. The second kappa shape index (κ2) is 11.7. The topological polar surface area (TPSA) is 73.7 Å². The van der Waals surface area contributed by atoms with E-state index in [1.807, 2.05) is 49.4 Å². The van der Waals surface area contributed by atoms with Crippen LogP contribution in [0.2, 0.25) is 0 Å². The van der Waals surface area contributed by atoms with Crippen LogP contribution in [0, 0.1) is 6.92 Å². The van der Waals surface area contributed by atoms with E-state index >= 15 is 0 Å². The lowest BCUT2D eigenvalue weighted by atomic mass is 10.1. The van der Waals surface area contributed by atoms with E-state index < -0.39 is 0 Å². The maximum Gasteiger partial charge on any atom is 0.275 e. The summed E-state index contributed by atoms with van der Waals surface area (Å²) in [6.45, 7) is 3.93. The zero-order valence-corrected chi connectivity index (χ0v) is 21.8. The summed E-state index contributed by atoms with van der Waals surface area (Å²) in [5.74, 6) is 0.615. The average molecular weight is 518 g/mol. The van der Waals surface area contributed by atoms with E-state index in [2.05, 4.69) is 21.9 Å². The first-order valence-electron chi connectivity index (χ1n) is 12.7. The molecule has 2 aromatic carbocycles. The minimum Gasteiger partial charge on any atom is -0.493 e. The number of thiophene rings is 1. The summed E-state index contributed by atoms with van der Waals surface area (Å²) in [6, 6.07) is 17.3. The Morgan fingerprint density at radius 3 is 2.81 bits per heavy atom. The van der Waals surface area contributed by atoms with Gasteiger partial charge in [0.25, 0.3) is 5.56 Å². The smallest absolute Gasteiger partial charge is 0.275 e. The molecule has 0 saturated carbocycles. The summed E-state index contributed by atoms with van der Waals surface area (Å²) in [5.41, 5.74) is 2.70. The zero-order chi connectivity index (χ0) is 25.6. The molecule has 5 rings (SSSR count). The number of nitrogens with zero attached hydrogens (tertiary/aromatic N) is 3. The number of amides is 1. The Morgan fingerprint density at radius 1 is 1.16 bits per heavy atom. The molecule has 1 fully saturated rings. The Hall–Kier alpha value is -3.49. The van der Waals surface area contributed by atoms with Gasteiger partial charge in [-0.15, -0.1) is 0 Å². The lowest BCUT2D eigenvalue weighted by molar-refractivity contribution is -0.134. The van der Waals surface area contributed by atoms with Gasteiger partial charge in [-0.05, 0) is 65.9 Å². The first-order valence-corrected chi connectivity index (χ1v) is 13.6. The van der Waals surface area contributed by atoms with Crippen molar-refractivity contribution in [3.8, 4) is 5.75 Å². The van der Waals surface area contributed by atoms with Gasteiger partial charge in [-0.25, -0.2) is 4.68 Å². The third-order valence-electron chi connectivity index (χ3n) is 6.65. The molecule has 2 aromatic heterocycles. The molecule has 192 valence electrons. The van der Waals surface area contributed by atoms with Crippen molar-refractivity contribution in [3.63, 3.8) is 0 Å². The van der Waals surface area contributed by atoms with E-state index in [0.29, 0.717) is 31.7 Å². The summed E-state index contributed by atoms with van der Waals surface area (Å²) < 4.78 is 13.1. The largest absolute Gasteiger partial charge is 0.493 e. The van der Waals surface area contributed by atoms with Crippen LogP contribution in [0.5, 0.6) is 5.75 Å². The van der Waals surface area contributed by atoms with Crippen LogP contribution in [0.4, 0.5) is 0 Å². The van der Waals surface area contributed by atoms with Gasteiger partial charge in [0.15, 0.2) is 0 Å². The van der Waals surface area contributed by atoms with Crippen molar-refractivity contribution >= 4 is 28.0 Å². The number of ether oxygens (including phenoxy) is 2. The van der Waals surface area contributed by atoms with E-state index in [1.165, 1.54) is 10.2 Å². The third kappa shape index (κ3) is 6.26. The van der Waals surface area contributed by atoms with Crippen molar-refractivity contribution in [1.82, 2.24) is 14.7 Å². The Bertz CT molecular complexity index is 1410. The van der Waals surface area contributed by atoms with E-state index in [-0.39, 0.29) is 24.1 Å². The average Bonchev–Trinajstić information content (AvgIpc) is 3.62. The van der Waals surface area contributed by atoms with Crippen molar-refractivity contribution in [1.29, 1.82) is 0 Å². The molecule has 37 heavy (non-hydrogen) atoms. The van der Waals surface area contributed by atoms with Crippen LogP contribution in [-0.4, -0.2) is 46.5 Å². The highest BCUT2D eigenvalue weighted by molar-refractivity contribution is 7.07. The molecule has 0 radical (unpaired) electrons. The van der Waals surface area contributed by atoms with Gasteiger partial charge >= 0.3 is 0 Å². The molecule has 1 amide bonds. The van der Waals surface area contributed by atoms with Crippen molar-refractivity contribution in [3.05, 3.63) is 92.5 Å². The number of hydrogen-bond acceptors (Lipinski definition) is 6. The van der Waals surface area contributed by atoms with Crippen molar-refractivity contribution < 1.29 is 14.3 Å². The minimum atomic E-state index is -0.257. The molecule has 1 atom stereocenters. The first kappa shape index (κ1) is 25.2. The van der Waals surface area contributed by atoms with Crippen LogP contribution in [0.15, 0.2) is 70.2 Å². The normalized spacial score (nSPS) is 15.2. The molecule has 0 spiro atoms. The van der Waals surface area contributed by atoms with Crippen molar-refractivity contribution in [2.24, 2.45) is 0 Å². The maximum absolute atomic E-state index is 13.5. The molecular weight excluding hydrogens is 486 g/mol. The van der Waals surface area contributed by atoms with Crippen LogP contribution in [-0.2, 0) is 29.0 Å². The lowest BCUT2D eigenvalue weighted by Crippen LogP contribution is -2.41. The van der Waals surface area contributed by atoms with Gasteiger partial charge in [0.1, 0.15) is 12.3 Å². The number of fused-ring (bicyclic) bond motifs is 1. The van der Waals surface area contributed by atoms with Crippen LogP contribution >= 0.6 is 11.3 Å². The predicted molar refractivity (Wildman–Crippen MR) is 145 cm³/mol. The van der Waals surface area contributed by atoms with Crippen LogP contribution in [0.1, 0.15) is 29.7 Å². The summed E-state index contributed by atoms with van der Waals surface area (Å²) in [5, 5.41) is 10.0. The van der Waals surface area contributed by atoms with Crippen LogP contribution < -0.4 is 10.3 Å². The number of benzene rings is 2. The highest BCUT2D eigenvalue weighted by Gasteiger charge is 2.24. The minimum absolute atomic E-state index is 0.00276. The molecule has 1 aliphatic heterocycles. The molecule has 7 nitrogen and oxygen atoms in total. The van der Waals surface area contributed by atoms with E-state index in [9.17, 15) is 9.59 Å². The molecular formula is C29H31N3O4S. The Balaban J connectivity index is 1.31. The fourth-order valence-corrected chi connectivity index (χ4v) is 5.41. The quantitative estimate of drug-likeness (QED) is 0.308. The Kier molecular flexibility index (Phi) is 7.96. The van der Waals surface area contributed by atoms with Crippen LogP contribution in [0.3, 0.4) is 0 Å². The van der Waals surface area contributed by atoms with E-state index in [1.54, 1.807) is 22.3 Å². The summed E-state index contributed by atoms with van der Waals surface area (Å²) in [4.78, 5) is 28.4. The molecule has 1 saturated heterocycles. The van der Waals surface area contributed by atoms with Gasteiger partial charge in [-0.3, -0.25) is 9.59 Å². The molecule has 0 N–H and O–H groups in total. The Labute approximate surface area is 220 Å². The van der Waals surface area contributed by atoms with E-state index in [4.69, 9.17) is 9.47 Å². The van der Waals surface area contributed by atoms with Gasteiger partial charge < -0.3 is 14.4 Å². The van der Waals surface area contributed by atoms with E-state index in [0.717, 1.165) is 41.7 Å². The van der Waals surface area contributed by atoms with Gasteiger partial charge in [0.05, 0.1) is 23.8 Å². The number of hydrogen-bond donors (Lipinski definition) is 0. The number of carbonyl (C=O) groups excluding carboxylic acids is 1. The predicted octanol–water partition coefficient (Wildman–Crippen LogP) is 4.60. The molecule has 0 unspecified atom stereocenters. The van der Waals surface area contributed by atoms with Crippen molar-refractivity contribution in [2.45, 2.75) is 45.4 Å². The SMILES string of the molecule is Cc1nn(CC(=O)N(Cc2cccc(OCCc3ccsc3)c2)C[C@H]2CCCO2)c(=O)c2ccccc12. The van der Waals surface area contributed by atoms with Gasteiger partial charge in [0.2, 0.25) is 5.91 Å². The first-order chi connectivity index (χ1) is 18.1. The second-order valence-electron chi connectivity index (χ2n) is 9.38. The standard InChI is InChI=1S/C29H31N3O4S/c1-21-26-9-2-3-10-27(26)29(34)32(30-21)19-28(33)31(18-25-8-5-13-35-25)17-23-6-4-7-24(16-23)36-14-11-22-12-15-37-20-22/h2-4,6-7,9-10,12,15-16,20,25H,5,8,11,13-14,17-19H2,1H3/t25-/m1/s1. The highest BCUT2D eigenvalue weighted by atomic mass is 32.1. The molecule has 3 heterocycles. The second-order valence-corrected chi connectivity index (χ2v) is 10.2. The summed E-state index contributed by atoms with van der Waals surface area (Å²) >= 11 is 1.68. The summed E-state index contributed by atoms with van der Waals surface area (Å²) in [6.07, 6.45) is 2.76. The molecule has 4 aromatic rings. The zero-order valence-electron chi connectivity index (χ0n) is 21.0. The fraction of sp³-hybridized carbons (Fsp3) is 0.345.